The Balaban J connectivity index is 2.10. The highest BCUT2D eigenvalue weighted by Crippen LogP contribution is 2.32. The van der Waals surface area contributed by atoms with Gasteiger partial charge in [-0.05, 0) is 22.9 Å². The smallest absolute Gasteiger partial charge is 0.261 e. The van der Waals surface area contributed by atoms with Crippen LogP contribution in [0.25, 0.3) is 22.2 Å². The first-order valence-corrected chi connectivity index (χ1v) is 5.81. The van der Waals surface area contributed by atoms with E-state index < -0.39 is 0 Å². The molecule has 3 aromatic rings. The fourth-order valence-electron chi connectivity index (χ4n) is 1.95. The van der Waals surface area contributed by atoms with E-state index in [-0.39, 0.29) is 18.2 Å². The zero-order valence-electron chi connectivity index (χ0n) is 10.3. The highest BCUT2D eigenvalue weighted by molar-refractivity contribution is 5.89. The molecular weight excluding hydrogens is 244 g/mol. The van der Waals surface area contributed by atoms with Crippen molar-refractivity contribution in [3.8, 4) is 17.2 Å². The molecule has 3 rings (SSSR count). The third-order valence-electron chi connectivity index (χ3n) is 2.84. The normalized spacial score (nSPS) is 11.0. The maximum atomic E-state index is 10.0. The Morgan fingerprint density at radius 2 is 1.95 bits per heavy atom. The summed E-state index contributed by atoms with van der Waals surface area (Å²) in [7, 11) is 1.56. The number of hydrogen-bond donors (Lipinski definition) is 1. The van der Waals surface area contributed by atoms with E-state index in [2.05, 4.69) is 10.1 Å². The van der Waals surface area contributed by atoms with Crippen LogP contribution in [0.2, 0.25) is 0 Å². The number of aromatic nitrogens is 2. The molecule has 0 amide bonds. The van der Waals surface area contributed by atoms with Gasteiger partial charge in [0.25, 0.3) is 5.89 Å². The maximum Gasteiger partial charge on any atom is 0.261 e. The van der Waals surface area contributed by atoms with Gasteiger partial charge in [0, 0.05) is 7.11 Å². The first kappa shape index (κ1) is 11.7. The van der Waals surface area contributed by atoms with Gasteiger partial charge >= 0.3 is 0 Å². The van der Waals surface area contributed by atoms with Gasteiger partial charge in [-0.25, -0.2) is 0 Å². The van der Waals surface area contributed by atoms with Crippen molar-refractivity contribution in [1.29, 1.82) is 0 Å². The zero-order valence-corrected chi connectivity index (χ0v) is 10.3. The van der Waals surface area contributed by atoms with Crippen molar-refractivity contribution in [3.05, 3.63) is 42.2 Å². The lowest BCUT2D eigenvalue weighted by atomic mass is 10.1. The molecule has 19 heavy (non-hydrogen) atoms. The molecule has 0 saturated carbocycles. The summed E-state index contributed by atoms with van der Waals surface area (Å²) in [6.45, 7) is 0.276. The summed E-state index contributed by atoms with van der Waals surface area (Å²) in [6, 6.07) is 11.3. The van der Waals surface area contributed by atoms with Gasteiger partial charge in [-0.1, -0.05) is 29.4 Å². The van der Waals surface area contributed by atoms with E-state index in [1.165, 1.54) is 0 Å². The van der Waals surface area contributed by atoms with E-state index in [1.54, 1.807) is 13.2 Å². The second kappa shape index (κ2) is 4.70. The van der Waals surface area contributed by atoms with Crippen molar-refractivity contribution in [2.75, 3.05) is 7.11 Å². The lowest BCUT2D eigenvalue weighted by Crippen LogP contribution is -1.89. The minimum Gasteiger partial charge on any atom is -0.507 e. The number of fused-ring (bicyclic) bond motifs is 1. The number of methoxy groups -OCH3 is 1. The average molecular weight is 256 g/mol. The molecule has 0 fully saturated rings. The lowest BCUT2D eigenvalue weighted by molar-refractivity contribution is 0.174. The van der Waals surface area contributed by atoms with Crippen LogP contribution in [0.4, 0.5) is 0 Å². The molecular formula is C14H12N2O3. The first-order chi connectivity index (χ1) is 9.28. The molecule has 0 saturated heterocycles. The maximum absolute atomic E-state index is 10.0. The molecule has 1 N–H and O–H groups in total. The summed E-state index contributed by atoms with van der Waals surface area (Å²) in [4.78, 5) is 4.18. The molecule has 1 aromatic heterocycles. The molecule has 1 heterocycles. The predicted molar refractivity (Wildman–Crippen MR) is 69.6 cm³/mol. The first-order valence-electron chi connectivity index (χ1n) is 5.81. The van der Waals surface area contributed by atoms with E-state index in [9.17, 15) is 5.11 Å². The lowest BCUT2D eigenvalue weighted by Gasteiger charge is -2.02. The Morgan fingerprint density at radius 1 is 1.21 bits per heavy atom. The van der Waals surface area contributed by atoms with E-state index in [0.717, 1.165) is 10.8 Å². The molecule has 0 aliphatic rings. The largest absolute Gasteiger partial charge is 0.507 e. The molecule has 0 aliphatic carbocycles. The number of aromatic hydroxyl groups is 1. The van der Waals surface area contributed by atoms with Crippen LogP contribution in [0.1, 0.15) is 5.82 Å². The van der Waals surface area contributed by atoms with Crippen molar-refractivity contribution in [3.63, 3.8) is 0 Å². The summed E-state index contributed by atoms with van der Waals surface area (Å²) in [6.07, 6.45) is 0. The molecule has 5 heteroatoms. The van der Waals surface area contributed by atoms with Gasteiger partial charge in [0.1, 0.15) is 12.4 Å². The molecule has 0 radical (unpaired) electrons. The monoisotopic (exact) mass is 256 g/mol. The number of benzene rings is 2. The van der Waals surface area contributed by atoms with Crippen molar-refractivity contribution < 1.29 is 14.4 Å². The molecule has 0 aliphatic heterocycles. The Labute approximate surface area is 109 Å². The molecule has 0 unspecified atom stereocenters. The van der Waals surface area contributed by atoms with E-state index in [4.69, 9.17) is 9.26 Å². The third kappa shape index (κ3) is 2.15. The fourth-order valence-corrected chi connectivity index (χ4v) is 1.95. The second-order valence-electron chi connectivity index (χ2n) is 4.17. The van der Waals surface area contributed by atoms with Crippen LogP contribution in [0.15, 0.2) is 40.9 Å². The fraction of sp³-hybridized carbons (Fsp3) is 0.143. The van der Waals surface area contributed by atoms with E-state index in [0.29, 0.717) is 11.4 Å². The van der Waals surface area contributed by atoms with Gasteiger partial charge in [-0.3, -0.25) is 0 Å². The summed E-state index contributed by atoms with van der Waals surface area (Å²) >= 11 is 0. The van der Waals surface area contributed by atoms with Gasteiger partial charge in [0.05, 0.1) is 5.56 Å². The SMILES string of the molecule is COCc1noc(-c2cc3ccccc3cc2O)n1. The number of ether oxygens (including phenoxy) is 1. The standard InChI is InChI=1S/C14H12N2O3/c1-18-8-13-15-14(19-16-13)11-6-9-4-2-3-5-10(9)7-12(11)17/h2-7,17H,8H2,1H3. The molecule has 2 aromatic carbocycles. The van der Waals surface area contributed by atoms with Crippen LogP contribution in [-0.4, -0.2) is 22.4 Å². The Bertz CT molecular complexity index is 722. The Hall–Kier alpha value is -2.40. The van der Waals surface area contributed by atoms with Gasteiger partial charge in [-0.15, -0.1) is 0 Å². The van der Waals surface area contributed by atoms with Crippen molar-refractivity contribution in [1.82, 2.24) is 10.1 Å². The minimum atomic E-state index is 0.117. The van der Waals surface area contributed by atoms with Gasteiger partial charge in [0.15, 0.2) is 5.82 Å². The molecule has 96 valence electrons. The van der Waals surface area contributed by atoms with E-state index in [1.807, 2.05) is 30.3 Å². The topological polar surface area (TPSA) is 68.4 Å². The van der Waals surface area contributed by atoms with Crippen LogP contribution < -0.4 is 0 Å². The molecule has 0 spiro atoms. The average Bonchev–Trinajstić information content (AvgIpc) is 2.87. The Morgan fingerprint density at radius 3 is 2.68 bits per heavy atom. The van der Waals surface area contributed by atoms with Crippen molar-refractivity contribution in [2.24, 2.45) is 0 Å². The van der Waals surface area contributed by atoms with Crippen LogP contribution in [0, 0.1) is 0 Å². The van der Waals surface area contributed by atoms with Crippen LogP contribution in [0.3, 0.4) is 0 Å². The summed E-state index contributed by atoms with van der Waals surface area (Å²) < 4.78 is 10.1. The minimum absolute atomic E-state index is 0.117. The molecule has 0 bridgehead atoms. The molecule has 5 nitrogen and oxygen atoms in total. The third-order valence-corrected chi connectivity index (χ3v) is 2.84. The van der Waals surface area contributed by atoms with Crippen molar-refractivity contribution >= 4 is 10.8 Å². The van der Waals surface area contributed by atoms with Gasteiger partial charge in [0.2, 0.25) is 0 Å². The highest BCUT2D eigenvalue weighted by Gasteiger charge is 2.13. The van der Waals surface area contributed by atoms with Crippen LogP contribution in [0.5, 0.6) is 5.75 Å². The summed E-state index contributed by atoms with van der Waals surface area (Å²) in [5, 5.41) is 15.8. The number of nitrogens with zero attached hydrogens (tertiary/aromatic N) is 2. The zero-order chi connectivity index (χ0) is 13.2. The summed E-state index contributed by atoms with van der Waals surface area (Å²) in [5.41, 5.74) is 0.522. The number of rotatable bonds is 3. The van der Waals surface area contributed by atoms with Crippen LogP contribution in [-0.2, 0) is 11.3 Å². The Kier molecular flexibility index (Phi) is 2.89. The van der Waals surface area contributed by atoms with Gasteiger partial charge in [-0.2, -0.15) is 4.98 Å². The number of phenolic OH excluding ortho intramolecular Hbond substituents is 1. The number of hydrogen-bond acceptors (Lipinski definition) is 5. The predicted octanol–water partition coefficient (Wildman–Crippen LogP) is 2.74. The highest BCUT2D eigenvalue weighted by atomic mass is 16.5. The van der Waals surface area contributed by atoms with Crippen LogP contribution >= 0.6 is 0 Å². The second-order valence-corrected chi connectivity index (χ2v) is 4.17. The van der Waals surface area contributed by atoms with E-state index >= 15 is 0 Å². The number of phenols is 1. The summed E-state index contributed by atoms with van der Waals surface area (Å²) in [5.74, 6) is 0.853. The van der Waals surface area contributed by atoms with Crippen molar-refractivity contribution in [2.45, 2.75) is 6.61 Å². The quantitative estimate of drug-likeness (QED) is 0.780. The molecule has 0 atom stereocenters. The van der Waals surface area contributed by atoms with Gasteiger partial charge < -0.3 is 14.4 Å².